The summed E-state index contributed by atoms with van der Waals surface area (Å²) in [6.45, 7) is 3.40. The predicted octanol–water partition coefficient (Wildman–Crippen LogP) is 0.289. The van der Waals surface area contributed by atoms with Crippen LogP contribution < -0.4 is 5.19 Å². The van der Waals surface area contributed by atoms with E-state index in [4.69, 9.17) is 10.2 Å². The Morgan fingerprint density at radius 1 is 1.31 bits per heavy atom. The minimum Gasteiger partial charge on any atom is -0.508 e. The van der Waals surface area contributed by atoms with E-state index in [1.54, 1.807) is 19.2 Å². The van der Waals surface area contributed by atoms with Crippen molar-refractivity contribution in [3.05, 3.63) is 23.8 Å². The molecular formula is C9H14O3Si. The van der Waals surface area contributed by atoms with E-state index in [0.29, 0.717) is 5.56 Å². The summed E-state index contributed by atoms with van der Waals surface area (Å²) in [4.78, 5) is 9.84. The standard InChI is InChI=1S/C9H14O3Si/c1-13(2,12)9-4-3-8(11)5-7(9)6-10/h3-5,10-12H,6H2,1-2H3. The molecule has 13 heavy (non-hydrogen) atoms. The number of hydrogen-bond donors (Lipinski definition) is 3. The molecule has 0 aliphatic carbocycles. The molecule has 1 rings (SSSR count). The van der Waals surface area contributed by atoms with Gasteiger partial charge in [0.1, 0.15) is 5.75 Å². The van der Waals surface area contributed by atoms with E-state index in [-0.39, 0.29) is 12.4 Å². The van der Waals surface area contributed by atoms with Crippen LogP contribution in [0.1, 0.15) is 5.56 Å². The van der Waals surface area contributed by atoms with Crippen LogP contribution in [0.25, 0.3) is 0 Å². The molecule has 72 valence electrons. The lowest BCUT2D eigenvalue weighted by Crippen LogP contribution is -2.43. The summed E-state index contributed by atoms with van der Waals surface area (Å²) in [7, 11) is -2.39. The van der Waals surface area contributed by atoms with Crippen molar-refractivity contribution in [3.63, 3.8) is 0 Å². The third kappa shape index (κ3) is 2.30. The molecule has 0 heterocycles. The van der Waals surface area contributed by atoms with Gasteiger partial charge in [-0.2, -0.15) is 0 Å². The first-order chi connectivity index (χ1) is 5.95. The Labute approximate surface area is 78.4 Å². The van der Waals surface area contributed by atoms with Crippen LogP contribution in [-0.2, 0) is 6.61 Å². The zero-order valence-electron chi connectivity index (χ0n) is 7.78. The molecule has 0 aromatic heterocycles. The van der Waals surface area contributed by atoms with Gasteiger partial charge < -0.3 is 15.0 Å². The van der Waals surface area contributed by atoms with Crippen molar-refractivity contribution in [2.45, 2.75) is 19.7 Å². The normalized spacial score (nSPS) is 11.7. The fraction of sp³-hybridized carbons (Fsp3) is 0.333. The Hall–Kier alpha value is -0.843. The number of phenolic OH excluding ortho intramolecular Hbond substituents is 1. The minimum absolute atomic E-state index is 0.117. The van der Waals surface area contributed by atoms with Crippen molar-refractivity contribution in [1.29, 1.82) is 0 Å². The number of benzene rings is 1. The largest absolute Gasteiger partial charge is 0.508 e. The highest BCUT2D eigenvalue weighted by Gasteiger charge is 2.23. The lowest BCUT2D eigenvalue weighted by atomic mass is 10.2. The molecule has 0 saturated carbocycles. The SMILES string of the molecule is C[Si](C)(O)c1ccc(O)cc1CO. The van der Waals surface area contributed by atoms with Gasteiger partial charge in [0, 0.05) is 0 Å². The van der Waals surface area contributed by atoms with Gasteiger partial charge in [0.25, 0.3) is 0 Å². The summed E-state index contributed by atoms with van der Waals surface area (Å²) >= 11 is 0. The van der Waals surface area contributed by atoms with E-state index in [0.717, 1.165) is 5.19 Å². The highest BCUT2D eigenvalue weighted by molar-refractivity contribution is 6.83. The van der Waals surface area contributed by atoms with Crippen molar-refractivity contribution in [1.82, 2.24) is 0 Å². The smallest absolute Gasteiger partial charge is 0.214 e. The molecule has 0 unspecified atom stereocenters. The van der Waals surface area contributed by atoms with Crippen LogP contribution in [0, 0.1) is 0 Å². The second kappa shape index (κ2) is 3.49. The van der Waals surface area contributed by atoms with Gasteiger partial charge in [-0.25, -0.2) is 0 Å². The molecular weight excluding hydrogens is 184 g/mol. The maximum absolute atomic E-state index is 9.84. The van der Waals surface area contributed by atoms with Gasteiger partial charge in [-0.05, 0) is 36.0 Å². The monoisotopic (exact) mass is 198 g/mol. The number of hydrogen-bond acceptors (Lipinski definition) is 3. The summed E-state index contributed by atoms with van der Waals surface area (Å²) in [5.74, 6) is 0.117. The zero-order valence-corrected chi connectivity index (χ0v) is 8.78. The van der Waals surface area contributed by atoms with E-state index in [9.17, 15) is 4.80 Å². The second-order valence-corrected chi connectivity index (χ2v) is 7.22. The molecule has 3 nitrogen and oxygen atoms in total. The van der Waals surface area contributed by atoms with E-state index in [1.807, 2.05) is 0 Å². The first-order valence-corrected chi connectivity index (χ1v) is 7.05. The van der Waals surface area contributed by atoms with E-state index >= 15 is 0 Å². The number of phenols is 1. The topological polar surface area (TPSA) is 60.7 Å². The van der Waals surface area contributed by atoms with E-state index in [1.165, 1.54) is 12.1 Å². The molecule has 3 N–H and O–H groups in total. The van der Waals surface area contributed by atoms with Crippen LogP contribution in [0.15, 0.2) is 18.2 Å². The predicted molar refractivity (Wildman–Crippen MR) is 53.4 cm³/mol. The molecule has 0 fully saturated rings. The van der Waals surface area contributed by atoms with Gasteiger partial charge in [0.05, 0.1) is 6.61 Å². The minimum atomic E-state index is -2.39. The molecule has 1 aromatic rings. The molecule has 0 bridgehead atoms. The number of aliphatic hydroxyl groups excluding tert-OH is 1. The van der Waals surface area contributed by atoms with Gasteiger partial charge in [-0.15, -0.1) is 0 Å². The van der Waals surface area contributed by atoms with Crippen LogP contribution in [0.4, 0.5) is 0 Å². The van der Waals surface area contributed by atoms with E-state index < -0.39 is 8.32 Å². The van der Waals surface area contributed by atoms with Gasteiger partial charge in [-0.3, -0.25) is 0 Å². The highest BCUT2D eigenvalue weighted by Crippen LogP contribution is 2.12. The highest BCUT2D eigenvalue weighted by atomic mass is 28.4. The lowest BCUT2D eigenvalue weighted by molar-refractivity contribution is 0.282. The Morgan fingerprint density at radius 2 is 1.92 bits per heavy atom. The molecule has 4 heteroatoms. The fourth-order valence-corrected chi connectivity index (χ4v) is 2.74. The van der Waals surface area contributed by atoms with Crippen molar-refractivity contribution < 1.29 is 15.0 Å². The van der Waals surface area contributed by atoms with Crippen molar-refractivity contribution >= 4 is 13.5 Å². The number of aromatic hydroxyl groups is 1. The molecule has 0 radical (unpaired) electrons. The Balaban J connectivity index is 3.22. The first kappa shape index (κ1) is 10.2. The maximum atomic E-state index is 9.84. The van der Waals surface area contributed by atoms with E-state index in [2.05, 4.69) is 0 Å². The summed E-state index contributed by atoms with van der Waals surface area (Å²) in [6, 6.07) is 4.69. The number of aliphatic hydroxyl groups is 1. The maximum Gasteiger partial charge on any atom is 0.214 e. The van der Waals surface area contributed by atoms with Crippen LogP contribution in [0.5, 0.6) is 5.75 Å². The third-order valence-electron chi connectivity index (χ3n) is 1.92. The van der Waals surface area contributed by atoms with Crippen LogP contribution in [0.2, 0.25) is 13.1 Å². The average Bonchev–Trinajstić information content (AvgIpc) is 2.01. The zero-order chi connectivity index (χ0) is 10.1. The Bertz CT molecular complexity index is 304. The van der Waals surface area contributed by atoms with Crippen molar-refractivity contribution in [2.75, 3.05) is 0 Å². The van der Waals surface area contributed by atoms with Crippen LogP contribution >= 0.6 is 0 Å². The molecule has 1 aromatic carbocycles. The van der Waals surface area contributed by atoms with Crippen LogP contribution in [0.3, 0.4) is 0 Å². The van der Waals surface area contributed by atoms with Crippen molar-refractivity contribution in [3.8, 4) is 5.75 Å². The molecule has 0 atom stereocenters. The summed E-state index contributed by atoms with van der Waals surface area (Å²) in [5, 5.41) is 18.9. The van der Waals surface area contributed by atoms with Gasteiger partial charge in [-0.1, -0.05) is 6.07 Å². The molecule has 0 spiro atoms. The van der Waals surface area contributed by atoms with Gasteiger partial charge in [0.15, 0.2) is 0 Å². The molecule has 0 aliphatic rings. The van der Waals surface area contributed by atoms with Crippen LogP contribution in [-0.4, -0.2) is 23.3 Å². The Morgan fingerprint density at radius 3 is 2.38 bits per heavy atom. The summed E-state index contributed by atoms with van der Waals surface area (Å²) < 4.78 is 0. The van der Waals surface area contributed by atoms with Crippen molar-refractivity contribution in [2.24, 2.45) is 0 Å². The van der Waals surface area contributed by atoms with Gasteiger partial charge >= 0.3 is 0 Å². The van der Waals surface area contributed by atoms with Gasteiger partial charge in [0.2, 0.25) is 8.32 Å². The third-order valence-corrected chi connectivity index (χ3v) is 3.72. The first-order valence-electron chi connectivity index (χ1n) is 4.11. The summed E-state index contributed by atoms with van der Waals surface area (Å²) in [6.07, 6.45) is 0. The molecule has 0 amide bonds. The lowest BCUT2D eigenvalue weighted by Gasteiger charge is -2.18. The molecule has 0 aliphatic heterocycles. The second-order valence-electron chi connectivity index (χ2n) is 3.56. The summed E-state index contributed by atoms with van der Waals surface area (Å²) in [5.41, 5.74) is 0.610. The quantitative estimate of drug-likeness (QED) is 0.599. The average molecular weight is 198 g/mol. The number of rotatable bonds is 2. The fourth-order valence-electron chi connectivity index (χ4n) is 1.31. The Kier molecular flexibility index (Phi) is 2.75. The molecule has 0 saturated heterocycles.